The van der Waals surface area contributed by atoms with Crippen LogP contribution in [0.25, 0.3) is 22.2 Å². The summed E-state index contributed by atoms with van der Waals surface area (Å²) in [7, 11) is 1.61. The van der Waals surface area contributed by atoms with Crippen LogP contribution in [0.1, 0.15) is 60.3 Å². The number of ketones is 1. The van der Waals surface area contributed by atoms with Crippen LogP contribution in [0, 0.1) is 12.3 Å². The molecule has 12 nitrogen and oxygen atoms in total. The number of unbranched alkanes of at least 4 members (excludes halogenated alkanes) is 2. The molecule has 1 aliphatic heterocycles. The van der Waals surface area contributed by atoms with Gasteiger partial charge in [0.15, 0.2) is 0 Å². The molecule has 5 rings (SSSR count). The van der Waals surface area contributed by atoms with Gasteiger partial charge in [-0.2, -0.15) is 0 Å². The number of ether oxygens (including phenoxy) is 1. The number of allylic oxidation sites excluding steroid dienone is 1. The third-order valence-corrected chi connectivity index (χ3v) is 6.89. The van der Waals surface area contributed by atoms with E-state index < -0.39 is 11.9 Å². The number of hydrogen-bond acceptors (Lipinski definition) is 10. The van der Waals surface area contributed by atoms with E-state index in [1.807, 2.05) is 31.2 Å². The minimum atomic E-state index is -0.564. The van der Waals surface area contributed by atoms with E-state index in [0.29, 0.717) is 43.1 Å². The van der Waals surface area contributed by atoms with E-state index in [4.69, 9.17) is 14.6 Å². The van der Waals surface area contributed by atoms with Gasteiger partial charge in [0.25, 0.3) is 11.8 Å². The van der Waals surface area contributed by atoms with Crippen LogP contribution >= 0.6 is 0 Å². The molecule has 0 fully saturated rings. The van der Waals surface area contributed by atoms with Crippen molar-refractivity contribution in [1.82, 2.24) is 30.6 Å². The number of aromatic nitrogens is 4. The number of carbonyl (C=O) groups is 2. The standard InChI is InChI=1S/C31H32N8O4/c1-19-9-10-20-15-21(27(42-2)17-24(20)37-19)25-18-36-29(38-25)23(7-4-3-5-8-26(40)31-35-13-14-43-31)39-30(41)22(32)16-28-33-11-6-12-34-28/h6,9-18,23,32-33H,3-5,7-8H2,1-2H3,(H,36,38)(H,39,41)/b28-16+,32-22?/t23-/m0/s1. The molecule has 0 aliphatic carbocycles. The number of H-pyrrole nitrogens is 1. The maximum absolute atomic E-state index is 13.1. The van der Waals surface area contributed by atoms with Gasteiger partial charge in [-0.05, 0) is 38.0 Å². The predicted octanol–water partition coefficient (Wildman–Crippen LogP) is 4.97. The van der Waals surface area contributed by atoms with Gasteiger partial charge in [0.05, 0.1) is 36.8 Å². The Morgan fingerprint density at radius 3 is 2.84 bits per heavy atom. The highest BCUT2D eigenvalue weighted by atomic mass is 16.5. The first-order chi connectivity index (χ1) is 20.9. The van der Waals surface area contributed by atoms with Gasteiger partial charge in [0.2, 0.25) is 5.78 Å². The van der Waals surface area contributed by atoms with Crippen molar-refractivity contribution in [1.29, 1.82) is 5.41 Å². The van der Waals surface area contributed by atoms with Gasteiger partial charge in [0, 0.05) is 47.6 Å². The molecule has 1 aromatic carbocycles. The Kier molecular flexibility index (Phi) is 9.15. The molecular formula is C31H32N8O4. The summed E-state index contributed by atoms with van der Waals surface area (Å²) in [5.74, 6) is 0.980. The lowest BCUT2D eigenvalue weighted by atomic mass is 10.0. The first kappa shape index (κ1) is 29.1. The molecule has 1 amide bonds. The van der Waals surface area contributed by atoms with Gasteiger partial charge in [-0.15, -0.1) is 0 Å². The van der Waals surface area contributed by atoms with Gasteiger partial charge in [0.1, 0.15) is 29.4 Å². The minimum absolute atomic E-state index is 0.114. The number of aromatic amines is 1. The van der Waals surface area contributed by atoms with E-state index >= 15 is 0 Å². The van der Waals surface area contributed by atoms with Crippen molar-refractivity contribution < 1.29 is 18.7 Å². The first-order valence-corrected chi connectivity index (χ1v) is 13.9. The number of rotatable bonds is 13. The molecule has 220 valence electrons. The fourth-order valence-corrected chi connectivity index (χ4v) is 4.69. The number of benzene rings is 1. The zero-order chi connectivity index (χ0) is 30.2. The molecule has 0 spiro atoms. The highest BCUT2D eigenvalue weighted by Crippen LogP contribution is 2.33. The number of amides is 1. The summed E-state index contributed by atoms with van der Waals surface area (Å²) in [6.07, 6.45) is 13.8. The lowest BCUT2D eigenvalue weighted by molar-refractivity contribution is -0.115. The van der Waals surface area contributed by atoms with Crippen LogP contribution in [0.4, 0.5) is 0 Å². The second-order valence-electron chi connectivity index (χ2n) is 9.99. The highest BCUT2D eigenvalue weighted by Gasteiger charge is 2.21. The van der Waals surface area contributed by atoms with Crippen molar-refractivity contribution in [3.63, 3.8) is 0 Å². The van der Waals surface area contributed by atoms with Gasteiger partial charge < -0.3 is 24.8 Å². The summed E-state index contributed by atoms with van der Waals surface area (Å²) in [5.41, 5.74) is 3.01. The normalized spacial score (nSPS) is 14.0. The molecule has 1 aliphatic rings. The number of imidazole rings is 1. The molecule has 0 unspecified atom stereocenters. The van der Waals surface area contributed by atoms with Gasteiger partial charge in [-0.25, -0.2) is 15.0 Å². The van der Waals surface area contributed by atoms with Crippen molar-refractivity contribution in [2.24, 2.45) is 4.99 Å². The average molecular weight is 581 g/mol. The van der Waals surface area contributed by atoms with Crippen LogP contribution in [-0.2, 0) is 4.79 Å². The average Bonchev–Trinajstić information content (AvgIpc) is 3.73. The molecule has 4 aromatic rings. The number of pyridine rings is 1. The number of methoxy groups -OCH3 is 1. The molecular weight excluding hydrogens is 548 g/mol. The van der Waals surface area contributed by atoms with Crippen molar-refractivity contribution in [3.8, 4) is 17.0 Å². The zero-order valence-corrected chi connectivity index (χ0v) is 23.9. The van der Waals surface area contributed by atoms with Crippen LogP contribution in [0.5, 0.6) is 5.75 Å². The quantitative estimate of drug-likeness (QED) is 0.0975. The molecule has 0 radical (unpaired) electrons. The summed E-state index contributed by atoms with van der Waals surface area (Å²) in [6.45, 7) is 1.94. The summed E-state index contributed by atoms with van der Waals surface area (Å²) in [5, 5.41) is 15.1. The largest absolute Gasteiger partial charge is 0.496 e. The number of oxazole rings is 1. The highest BCUT2D eigenvalue weighted by molar-refractivity contribution is 6.42. The van der Waals surface area contributed by atoms with E-state index in [0.717, 1.165) is 34.3 Å². The van der Waals surface area contributed by atoms with Crippen LogP contribution in [0.15, 0.2) is 76.5 Å². The third-order valence-electron chi connectivity index (χ3n) is 6.89. The Bertz CT molecular complexity index is 1720. The van der Waals surface area contributed by atoms with Gasteiger partial charge in [-0.3, -0.25) is 20.0 Å². The van der Waals surface area contributed by atoms with E-state index in [2.05, 4.69) is 35.6 Å². The fraction of sp³-hybridized carbons (Fsp3) is 0.258. The van der Waals surface area contributed by atoms with Crippen LogP contribution in [-0.4, -0.2) is 50.7 Å². The van der Waals surface area contributed by atoms with E-state index in [-0.39, 0.29) is 17.4 Å². The molecule has 43 heavy (non-hydrogen) atoms. The summed E-state index contributed by atoms with van der Waals surface area (Å²) >= 11 is 0. The number of aryl methyl sites for hydroxylation is 1. The Hall–Kier alpha value is -5.39. The predicted molar refractivity (Wildman–Crippen MR) is 162 cm³/mol. The molecule has 4 N–H and O–H groups in total. The van der Waals surface area contributed by atoms with Crippen LogP contribution < -0.4 is 15.4 Å². The Morgan fingerprint density at radius 1 is 1.19 bits per heavy atom. The topological polar surface area (TPSA) is 171 Å². The Balaban J connectivity index is 1.32. The van der Waals surface area contributed by atoms with Gasteiger partial charge >= 0.3 is 0 Å². The number of fused-ring (bicyclic) bond motifs is 1. The van der Waals surface area contributed by atoms with E-state index in [9.17, 15) is 9.59 Å². The summed E-state index contributed by atoms with van der Waals surface area (Å²) in [4.78, 5) is 45.8. The Labute approximate surface area is 247 Å². The van der Waals surface area contributed by atoms with Crippen molar-refractivity contribution >= 4 is 34.5 Å². The summed E-state index contributed by atoms with van der Waals surface area (Å²) in [6, 6.07) is 7.33. The Morgan fingerprint density at radius 2 is 2.07 bits per heavy atom. The molecule has 0 bridgehead atoms. The number of nitrogens with one attached hydrogen (secondary N) is 4. The van der Waals surface area contributed by atoms with Crippen LogP contribution in [0.2, 0.25) is 0 Å². The smallest absolute Gasteiger partial charge is 0.269 e. The zero-order valence-electron chi connectivity index (χ0n) is 23.9. The number of nitrogens with zero attached hydrogens (tertiary/aromatic N) is 4. The maximum atomic E-state index is 13.1. The number of hydrogen-bond donors (Lipinski definition) is 4. The van der Waals surface area contributed by atoms with Crippen molar-refractivity contribution in [2.45, 2.75) is 45.1 Å². The third kappa shape index (κ3) is 7.28. The molecule has 1 atom stereocenters. The second-order valence-corrected chi connectivity index (χ2v) is 9.99. The van der Waals surface area contributed by atoms with E-state index in [1.165, 1.54) is 18.5 Å². The van der Waals surface area contributed by atoms with Crippen molar-refractivity contribution in [2.75, 3.05) is 7.11 Å². The second kappa shape index (κ2) is 13.5. The maximum Gasteiger partial charge on any atom is 0.269 e. The lowest BCUT2D eigenvalue weighted by Gasteiger charge is -2.17. The summed E-state index contributed by atoms with van der Waals surface area (Å²) < 4.78 is 10.7. The monoisotopic (exact) mass is 580 g/mol. The van der Waals surface area contributed by atoms with Crippen LogP contribution in [0.3, 0.4) is 0 Å². The number of carbonyl (C=O) groups excluding carboxylic acids is 2. The van der Waals surface area contributed by atoms with Gasteiger partial charge in [-0.1, -0.05) is 18.9 Å². The first-order valence-electron chi connectivity index (χ1n) is 13.9. The fourth-order valence-electron chi connectivity index (χ4n) is 4.69. The SMILES string of the molecule is COc1cc2nc(C)ccc2cc1-c1cnc([C@H](CCCCCC(=O)c2ncco2)NC(=O)C(=N)/C=C2/N=CC=CN2)[nH]1. The van der Waals surface area contributed by atoms with Crippen molar-refractivity contribution in [3.05, 3.63) is 84.5 Å². The minimum Gasteiger partial charge on any atom is -0.496 e. The lowest BCUT2D eigenvalue weighted by Crippen LogP contribution is -2.34. The molecule has 4 heterocycles. The molecule has 12 heteroatoms. The molecule has 0 saturated heterocycles. The molecule has 0 saturated carbocycles. The number of Topliss-reactive ketones (excluding diaryl/α,β-unsaturated/α-hetero) is 1. The van der Waals surface area contributed by atoms with E-state index in [1.54, 1.807) is 31.8 Å². The molecule has 3 aromatic heterocycles. The number of aliphatic imine (C=N–C) groups is 1.